The summed E-state index contributed by atoms with van der Waals surface area (Å²) in [6.45, 7) is 0. The molecule has 12 heavy (non-hydrogen) atoms. The van der Waals surface area contributed by atoms with Crippen molar-refractivity contribution in [3.63, 3.8) is 0 Å². The minimum atomic E-state index is -0.536. The molecule has 1 aromatic rings. The van der Waals surface area contributed by atoms with E-state index in [-0.39, 0.29) is 5.82 Å². The lowest BCUT2D eigenvalue weighted by molar-refractivity contribution is 0.1000. The van der Waals surface area contributed by atoms with E-state index in [0.29, 0.717) is 12.7 Å². The van der Waals surface area contributed by atoms with Crippen LogP contribution in [0.4, 0.5) is 4.39 Å². The van der Waals surface area contributed by atoms with E-state index in [9.17, 15) is 9.18 Å². The first-order valence-electron chi connectivity index (χ1n) is 2.96. The minimum absolute atomic E-state index is 0.304. The third-order valence-corrected chi connectivity index (χ3v) is 2.84. The number of primary amides is 1. The van der Waals surface area contributed by atoms with Crippen molar-refractivity contribution >= 4 is 51.1 Å². The Kier molecular flexibility index (Phi) is 3.27. The van der Waals surface area contributed by atoms with Crippen LogP contribution in [-0.2, 0) is 0 Å². The predicted octanol–water partition coefficient (Wildman–Crippen LogP) is 2.13. The van der Waals surface area contributed by atoms with E-state index in [2.05, 4.69) is 0 Å². The number of rotatable bonds is 1. The first kappa shape index (κ1) is 10.2. The van der Waals surface area contributed by atoms with Crippen molar-refractivity contribution in [2.24, 2.45) is 5.73 Å². The zero-order valence-electron chi connectivity index (χ0n) is 5.77. The van der Waals surface area contributed by atoms with Gasteiger partial charge in [-0.3, -0.25) is 4.79 Å². The number of amides is 1. The Morgan fingerprint density at radius 1 is 1.33 bits per heavy atom. The van der Waals surface area contributed by atoms with Crippen LogP contribution in [-0.4, -0.2) is 5.91 Å². The van der Waals surface area contributed by atoms with E-state index >= 15 is 0 Å². The van der Waals surface area contributed by atoms with Crippen LogP contribution in [0, 0.1) is 13.0 Å². The first-order valence-corrected chi connectivity index (χ1v) is 5.12. The standard InChI is InChI=1S/C7H4FI2NO/c8-6-4(9)1-3(7(11)12)2-5(6)10/h1-2H,(H2,11,12). The molecule has 0 aliphatic carbocycles. The molecule has 0 fully saturated rings. The average Bonchev–Trinajstić information content (AvgIpc) is 1.99. The Morgan fingerprint density at radius 2 is 1.75 bits per heavy atom. The zero-order valence-corrected chi connectivity index (χ0v) is 10.1. The molecule has 0 radical (unpaired) electrons. The number of hydrogen-bond acceptors (Lipinski definition) is 1. The van der Waals surface area contributed by atoms with Gasteiger partial charge in [0, 0.05) is 5.56 Å². The minimum Gasteiger partial charge on any atom is -0.366 e. The summed E-state index contributed by atoms with van der Waals surface area (Å²) in [5, 5.41) is 0. The molecule has 0 aromatic heterocycles. The summed E-state index contributed by atoms with van der Waals surface area (Å²) >= 11 is 3.64. The lowest BCUT2D eigenvalue weighted by Gasteiger charge is -2.00. The highest BCUT2D eigenvalue weighted by molar-refractivity contribution is 14.1. The number of nitrogens with two attached hydrogens (primary N) is 1. The third-order valence-electron chi connectivity index (χ3n) is 1.27. The van der Waals surface area contributed by atoms with Crippen LogP contribution in [0.5, 0.6) is 0 Å². The van der Waals surface area contributed by atoms with Crippen molar-refractivity contribution in [2.45, 2.75) is 0 Å². The molecule has 2 nitrogen and oxygen atoms in total. The Bertz CT molecular complexity index is 317. The highest BCUT2D eigenvalue weighted by atomic mass is 127. The van der Waals surface area contributed by atoms with Gasteiger partial charge in [-0.05, 0) is 57.3 Å². The summed E-state index contributed by atoms with van der Waals surface area (Å²) in [4.78, 5) is 10.7. The quantitative estimate of drug-likeness (QED) is 0.579. The van der Waals surface area contributed by atoms with Gasteiger partial charge in [0.2, 0.25) is 5.91 Å². The monoisotopic (exact) mass is 391 g/mol. The van der Waals surface area contributed by atoms with Gasteiger partial charge in [0.1, 0.15) is 5.82 Å². The van der Waals surface area contributed by atoms with Crippen LogP contribution in [0.15, 0.2) is 12.1 Å². The maximum atomic E-state index is 13.0. The fraction of sp³-hybridized carbons (Fsp3) is 0. The normalized spacial score (nSPS) is 9.92. The Balaban J connectivity index is 3.31. The summed E-state index contributed by atoms with van der Waals surface area (Å²) < 4.78 is 13.8. The predicted molar refractivity (Wildman–Crippen MR) is 60.4 cm³/mol. The lowest BCUT2D eigenvalue weighted by atomic mass is 10.2. The van der Waals surface area contributed by atoms with Crippen LogP contribution in [0.2, 0.25) is 0 Å². The molecule has 0 bridgehead atoms. The van der Waals surface area contributed by atoms with Crippen LogP contribution < -0.4 is 5.73 Å². The largest absolute Gasteiger partial charge is 0.366 e. The van der Waals surface area contributed by atoms with E-state index < -0.39 is 5.91 Å². The van der Waals surface area contributed by atoms with Crippen molar-refractivity contribution in [2.75, 3.05) is 0 Å². The van der Waals surface area contributed by atoms with Gasteiger partial charge in [-0.25, -0.2) is 4.39 Å². The second kappa shape index (κ2) is 3.86. The van der Waals surface area contributed by atoms with Gasteiger partial charge in [0.25, 0.3) is 0 Å². The number of benzene rings is 1. The molecule has 0 saturated heterocycles. The van der Waals surface area contributed by atoms with Gasteiger partial charge >= 0.3 is 0 Å². The number of carbonyl (C=O) groups excluding carboxylic acids is 1. The van der Waals surface area contributed by atoms with Crippen molar-refractivity contribution in [1.29, 1.82) is 0 Å². The number of halogens is 3. The molecule has 1 aromatic carbocycles. The Hall–Kier alpha value is 0.0800. The molecule has 0 unspecified atom stereocenters. The smallest absolute Gasteiger partial charge is 0.248 e. The fourth-order valence-corrected chi connectivity index (χ4v) is 2.47. The van der Waals surface area contributed by atoms with E-state index in [4.69, 9.17) is 5.73 Å². The fourth-order valence-electron chi connectivity index (χ4n) is 0.698. The third kappa shape index (κ3) is 2.06. The van der Waals surface area contributed by atoms with Crippen LogP contribution in [0.25, 0.3) is 0 Å². The van der Waals surface area contributed by atoms with Gasteiger partial charge in [0.05, 0.1) is 7.14 Å². The average molecular weight is 391 g/mol. The summed E-state index contributed by atoms with van der Waals surface area (Å²) in [6.07, 6.45) is 0. The Morgan fingerprint density at radius 3 is 2.08 bits per heavy atom. The lowest BCUT2D eigenvalue weighted by Crippen LogP contribution is -2.11. The molecular weight excluding hydrogens is 387 g/mol. The summed E-state index contributed by atoms with van der Waals surface area (Å²) in [6, 6.07) is 2.86. The molecule has 0 aliphatic rings. The molecule has 1 rings (SSSR count). The highest BCUT2D eigenvalue weighted by Crippen LogP contribution is 2.19. The molecule has 64 valence electrons. The van der Waals surface area contributed by atoms with Gasteiger partial charge in [-0.2, -0.15) is 0 Å². The summed E-state index contributed by atoms with van der Waals surface area (Å²) in [5.74, 6) is -0.841. The molecule has 1 amide bonds. The van der Waals surface area contributed by atoms with Crippen molar-refractivity contribution < 1.29 is 9.18 Å². The maximum Gasteiger partial charge on any atom is 0.248 e. The van der Waals surface area contributed by atoms with E-state index in [1.165, 1.54) is 12.1 Å². The molecule has 0 saturated carbocycles. The summed E-state index contributed by atoms with van der Waals surface area (Å²) in [5.41, 5.74) is 5.37. The van der Waals surface area contributed by atoms with Gasteiger partial charge in [-0.15, -0.1) is 0 Å². The van der Waals surface area contributed by atoms with Crippen LogP contribution in [0.1, 0.15) is 10.4 Å². The van der Waals surface area contributed by atoms with Crippen LogP contribution in [0.3, 0.4) is 0 Å². The molecular formula is C7H4FI2NO. The molecule has 0 aliphatic heterocycles. The van der Waals surface area contributed by atoms with E-state index in [1.54, 1.807) is 0 Å². The second-order valence-electron chi connectivity index (χ2n) is 2.12. The van der Waals surface area contributed by atoms with Crippen molar-refractivity contribution in [3.05, 3.63) is 30.7 Å². The van der Waals surface area contributed by atoms with E-state index in [1.807, 2.05) is 45.2 Å². The van der Waals surface area contributed by atoms with Crippen molar-refractivity contribution in [1.82, 2.24) is 0 Å². The first-order chi connectivity index (χ1) is 5.52. The van der Waals surface area contributed by atoms with E-state index in [0.717, 1.165) is 0 Å². The molecule has 0 heterocycles. The Labute approximate surface area is 96.0 Å². The van der Waals surface area contributed by atoms with Crippen molar-refractivity contribution in [3.8, 4) is 0 Å². The molecule has 2 N–H and O–H groups in total. The van der Waals surface area contributed by atoms with Gasteiger partial charge in [-0.1, -0.05) is 0 Å². The number of carbonyl (C=O) groups is 1. The second-order valence-corrected chi connectivity index (χ2v) is 4.44. The maximum absolute atomic E-state index is 13.0. The molecule has 0 spiro atoms. The highest BCUT2D eigenvalue weighted by Gasteiger charge is 2.09. The van der Waals surface area contributed by atoms with Gasteiger partial charge < -0.3 is 5.73 Å². The molecule has 0 atom stereocenters. The molecule has 5 heteroatoms. The van der Waals surface area contributed by atoms with Crippen LogP contribution >= 0.6 is 45.2 Å². The topological polar surface area (TPSA) is 43.1 Å². The summed E-state index contributed by atoms with van der Waals surface area (Å²) in [7, 11) is 0. The van der Waals surface area contributed by atoms with Gasteiger partial charge in [0.15, 0.2) is 0 Å². The SMILES string of the molecule is NC(=O)c1cc(I)c(F)c(I)c1. The number of hydrogen-bond donors (Lipinski definition) is 1. The zero-order chi connectivity index (χ0) is 9.30.